The minimum atomic E-state index is -4.03. The van der Waals surface area contributed by atoms with Gasteiger partial charge in [-0.05, 0) is 62.7 Å². The monoisotopic (exact) mass is 546 g/mol. The number of anilines is 2. The summed E-state index contributed by atoms with van der Waals surface area (Å²) in [5, 5.41) is 9.56. The second kappa shape index (κ2) is 10.1. The first-order valence-electron chi connectivity index (χ1n) is 11.6. The number of ether oxygens (including phenoxy) is 1. The minimum Gasteiger partial charge on any atom is -0.478 e. The van der Waals surface area contributed by atoms with Crippen LogP contribution in [0.15, 0.2) is 65.6 Å². The van der Waals surface area contributed by atoms with Gasteiger partial charge in [0.25, 0.3) is 0 Å². The number of nitrogens with zero attached hydrogens (tertiary/aromatic N) is 2. The largest absolute Gasteiger partial charge is 0.478 e. The van der Waals surface area contributed by atoms with Crippen molar-refractivity contribution in [3.05, 3.63) is 77.1 Å². The summed E-state index contributed by atoms with van der Waals surface area (Å²) >= 11 is 6.66. The summed E-state index contributed by atoms with van der Waals surface area (Å²) in [5.41, 5.74) is 0.709. The highest BCUT2D eigenvalue weighted by Gasteiger charge is 2.38. The van der Waals surface area contributed by atoms with Crippen LogP contribution < -0.4 is 4.90 Å². The Hall–Kier alpha value is -2.98. The minimum absolute atomic E-state index is 0.00212. The average Bonchev–Trinajstić information content (AvgIpc) is 2.90. The first kappa shape index (κ1) is 27.1. The van der Waals surface area contributed by atoms with Crippen LogP contribution in [0.1, 0.15) is 31.1 Å². The van der Waals surface area contributed by atoms with Gasteiger partial charge in [0, 0.05) is 24.8 Å². The molecule has 0 radical (unpaired) electrons. The van der Waals surface area contributed by atoms with Gasteiger partial charge in [0.2, 0.25) is 10.0 Å². The molecule has 4 rings (SSSR count). The zero-order valence-electron chi connectivity index (χ0n) is 20.9. The number of rotatable bonds is 5. The van der Waals surface area contributed by atoms with Gasteiger partial charge in [-0.2, -0.15) is 4.31 Å². The zero-order chi connectivity index (χ0) is 27.1. The van der Waals surface area contributed by atoms with Crippen LogP contribution in [0.5, 0.6) is 0 Å². The molecule has 196 valence electrons. The molecular weight excluding hydrogens is 519 g/mol. The van der Waals surface area contributed by atoms with Crippen molar-refractivity contribution in [3.8, 4) is 11.1 Å². The standard InChI is InChI=1S/C27H28ClFN2O5S/c1-27(2,3)36-16-19-15-31(18-8-6-5-7-9-18)24-14-22(28)20(13-25(24)37(34,35)30(19)4)17-10-11-23(29)21(12-17)26(32)33/h5-14,19H,15-16H2,1-4H3,(H,32,33)/t19-/m0/s1. The number of sulfonamides is 1. The van der Waals surface area contributed by atoms with E-state index in [0.717, 1.165) is 17.8 Å². The molecule has 3 aromatic carbocycles. The van der Waals surface area contributed by atoms with Crippen molar-refractivity contribution in [1.29, 1.82) is 0 Å². The van der Waals surface area contributed by atoms with E-state index in [0.29, 0.717) is 12.2 Å². The normalized spacial score (nSPS) is 17.8. The Morgan fingerprint density at radius 2 is 1.81 bits per heavy atom. The molecule has 37 heavy (non-hydrogen) atoms. The molecule has 1 atom stereocenters. The molecule has 0 aromatic heterocycles. The molecule has 7 nitrogen and oxygen atoms in total. The molecule has 0 unspecified atom stereocenters. The number of hydrogen-bond donors (Lipinski definition) is 1. The number of carboxylic acids is 1. The maximum atomic E-state index is 14.0. The molecule has 10 heteroatoms. The van der Waals surface area contributed by atoms with E-state index < -0.39 is 39.0 Å². The van der Waals surface area contributed by atoms with Gasteiger partial charge in [-0.3, -0.25) is 0 Å². The number of hydrogen-bond acceptors (Lipinski definition) is 5. The van der Waals surface area contributed by atoms with Gasteiger partial charge >= 0.3 is 5.97 Å². The van der Waals surface area contributed by atoms with E-state index in [2.05, 4.69) is 0 Å². The Balaban J connectivity index is 1.92. The summed E-state index contributed by atoms with van der Waals surface area (Å²) in [5.74, 6) is -2.33. The van der Waals surface area contributed by atoms with E-state index >= 15 is 0 Å². The van der Waals surface area contributed by atoms with Gasteiger partial charge in [-0.15, -0.1) is 0 Å². The number of carboxylic acid groups (broad SMARTS) is 1. The third-order valence-corrected chi connectivity index (χ3v) is 8.44. The van der Waals surface area contributed by atoms with Crippen molar-refractivity contribution in [2.45, 2.75) is 37.3 Å². The first-order chi connectivity index (χ1) is 17.3. The summed E-state index contributed by atoms with van der Waals surface area (Å²) in [6.45, 7) is 6.18. The Labute approximate surface area is 221 Å². The van der Waals surface area contributed by atoms with Crippen molar-refractivity contribution in [2.24, 2.45) is 0 Å². The molecular formula is C27H28ClFN2O5S. The van der Waals surface area contributed by atoms with Crippen LogP contribution in [0, 0.1) is 5.82 Å². The lowest BCUT2D eigenvalue weighted by Crippen LogP contribution is -2.45. The van der Waals surface area contributed by atoms with Crippen molar-refractivity contribution >= 4 is 39.0 Å². The fourth-order valence-corrected chi connectivity index (χ4v) is 5.97. The SMILES string of the molecule is CN1[C@H](COC(C)(C)C)CN(c2ccccc2)c2cc(Cl)c(-c3ccc(F)c(C(=O)O)c3)cc2S1(=O)=O. The number of para-hydroxylation sites is 1. The topological polar surface area (TPSA) is 87.2 Å². The van der Waals surface area contributed by atoms with Gasteiger partial charge in [-0.1, -0.05) is 35.9 Å². The van der Waals surface area contributed by atoms with Crippen LogP contribution in [0.25, 0.3) is 11.1 Å². The Morgan fingerprint density at radius 3 is 2.43 bits per heavy atom. The van der Waals surface area contributed by atoms with Crippen molar-refractivity contribution in [1.82, 2.24) is 4.31 Å². The van der Waals surface area contributed by atoms with Crippen molar-refractivity contribution in [2.75, 3.05) is 25.1 Å². The Kier molecular flexibility index (Phi) is 7.36. The molecule has 0 saturated carbocycles. The van der Waals surface area contributed by atoms with E-state index in [1.807, 2.05) is 56.0 Å². The van der Waals surface area contributed by atoms with Crippen molar-refractivity contribution in [3.63, 3.8) is 0 Å². The molecule has 0 spiro atoms. The number of likely N-dealkylation sites (N-methyl/N-ethyl adjacent to an activating group) is 1. The van der Waals surface area contributed by atoms with E-state index in [9.17, 15) is 22.7 Å². The molecule has 0 aliphatic carbocycles. The highest BCUT2D eigenvalue weighted by Crippen LogP contribution is 2.42. The summed E-state index contributed by atoms with van der Waals surface area (Å²) in [6, 6.07) is 15.4. The van der Waals surface area contributed by atoms with E-state index in [-0.39, 0.29) is 27.7 Å². The molecule has 1 heterocycles. The van der Waals surface area contributed by atoms with Gasteiger partial charge < -0.3 is 14.7 Å². The maximum Gasteiger partial charge on any atom is 0.338 e. The zero-order valence-corrected chi connectivity index (χ0v) is 22.5. The van der Waals surface area contributed by atoms with Gasteiger partial charge in [-0.25, -0.2) is 17.6 Å². The average molecular weight is 547 g/mol. The predicted octanol–water partition coefficient (Wildman–Crippen LogP) is 5.80. The van der Waals surface area contributed by atoms with E-state index in [1.165, 1.54) is 23.5 Å². The second-order valence-electron chi connectivity index (χ2n) is 9.84. The first-order valence-corrected chi connectivity index (χ1v) is 13.4. The summed E-state index contributed by atoms with van der Waals surface area (Å²) < 4.78 is 49.1. The van der Waals surface area contributed by atoms with Crippen LogP contribution in [-0.2, 0) is 14.8 Å². The predicted molar refractivity (Wildman–Crippen MR) is 142 cm³/mol. The van der Waals surface area contributed by atoms with Crippen LogP contribution in [0.4, 0.5) is 15.8 Å². The fourth-order valence-electron chi connectivity index (χ4n) is 4.17. The van der Waals surface area contributed by atoms with Gasteiger partial charge in [0.15, 0.2) is 0 Å². The molecule has 0 saturated heterocycles. The molecule has 0 fully saturated rings. The molecule has 1 aliphatic rings. The third-order valence-electron chi connectivity index (χ3n) is 6.19. The number of fused-ring (bicyclic) bond motifs is 1. The molecule has 1 N–H and O–H groups in total. The summed E-state index contributed by atoms with van der Waals surface area (Å²) in [6.07, 6.45) is 0. The lowest BCUT2D eigenvalue weighted by Gasteiger charge is -2.31. The maximum absolute atomic E-state index is 14.0. The molecule has 3 aromatic rings. The second-order valence-corrected chi connectivity index (χ2v) is 12.2. The lowest BCUT2D eigenvalue weighted by atomic mass is 10.0. The molecule has 0 bridgehead atoms. The fraction of sp³-hybridized carbons (Fsp3) is 0.296. The Bertz CT molecular complexity index is 1440. The van der Waals surface area contributed by atoms with E-state index in [1.54, 1.807) is 6.07 Å². The smallest absolute Gasteiger partial charge is 0.338 e. The number of halogens is 2. The summed E-state index contributed by atoms with van der Waals surface area (Å²) in [7, 11) is -2.52. The summed E-state index contributed by atoms with van der Waals surface area (Å²) in [4.78, 5) is 13.4. The van der Waals surface area contributed by atoms with Crippen LogP contribution >= 0.6 is 11.6 Å². The highest BCUT2D eigenvalue weighted by atomic mass is 35.5. The van der Waals surface area contributed by atoms with Crippen LogP contribution in [0.2, 0.25) is 5.02 Å². The van der Waals surface area contributed by atoms with E-state index in [4.69, 9.17) is 16.3 Å². The third kappa shape index (κ3) is 5.50. The highest BCUT2D eigenvalue weighted by molar-refractivity contribution is 7.89. The van der Waals surface area contributed by atoms with Crippen molar-refractivity contribution < 1.29 is 27.4 Å². The molecule has 1 aliphatic heterocycles. The van der Waals surface area contributed by atoms with Gasteiger partial charge in [0.1, 0.15) is 10.7 Å². The Morgan fingerprint density at radius 1 is 1.14 bits per heavy atom. The number of benzene rings is 3. The van der Waals surface area contributed by atoms with Crippen LogP contribution in [-0.4, -0.2) is 55.6 Å². The number of carbonyl (C=O) groups is 1. The quantitative estimate of drug-likeness (QED) is 0.435. The van der Waals surface area contributed by atoms with Crippen LogP contribution in [0.3, 0.4) is 0 Å². The lowest BCUT2D eigenvalue weighted by molar-refractivity contribution is -0.0205. The number of aromatic carboxylic acids is 1. The molecule has 0 amide bonds. The van der Waals surface area contributed by atoms with Gasteiger partial charge in [0.05, 0.1) is 34.5 Å².